The van der Waals surface area contributed by atoms with Crippen LogP contribution in [0.3, 0.4) is 0 Å². The summed E-state index contributed by atoms with van der Waals surface area (Å²) >= 11 is 5.24. The molecule has 0 aliphatic rings. The van der Waals surface area contributed by atoms with Gasteiger partial charge >= 0.3 is 5.97 Å². The largest absolute Gasteiger partial charge is 0.494 e. The molecular weight excluding hydrogens is 422 g/mol. The number of benzene rings is 3. The van der Waals surface area contributed by atoms with Crippen molar-refractivity contribution in [2.24, 2.45) is 5.10 Å². The van der Waals surface area contributed by atoms with E-state index in [1.54, 1.807) is 54.7 Å². The highest BCUT2D eigenvalue weighted by Crippen LogP contribution is 2.16. The highest BCUT2D eigenvalue weighted by Gasteiger charge is 2.09. The van der Waals surface area contributed by atoms with Crippen molar-refractivity contribution in [3.8, 4) is 11.5 Å². The van der Waals surface area contributed by atoms with E-state index in [0.29, 0.717) is 23.0 Å². The molecule has 0 amide bonds. The Morgan fingerprint density at radius 1 is 1.03 bits per heavy atom. The average molecular weight is 448 g/mol. The number of nitrogens with zero attached hydrogens (tertiary/aromatic N) is 1. The normalized spacial score (nSPS) is 10.6. The van der Waals surface area contributed by atoms with Crippen molar-refractivity contribution in [2.75, 3.05) is 11.9 Å². The number of hydrogen-bond donors (Lipinski definition) is 2. The maximum absolute atomic E-state index is 12.3. The lowest BCUT2D eigenvalue weighted by atomic mass is 10.2. The van der Waals surface area contributed by atoms with Crippen molar-refractivity contribution in [1.82, 2.24) is 5.43 Å². The fourth-order valence-corrected chi connectivity index (χ4v) is 2.91. The number of nitrogens with one attached hydrogen (secondary N) is 2. The number of hydrogen-bond acceptors (Lipinski definition) is 5. The van der Waals surface area contributed by atoms with E-state index < -0.39 is 5.97 Å². The van der Waals surface area contributed by atoms with Gasteiger partial charge in [-0.3, -0.25) is 5.43 Å². The van der Waals surface area contributed by atoms with Gasteiger partial charge in [0.2, 0.25) is 0 Å². The first-order valence-electron chi connectivity index (χ1n) is 10.3. The lowest BCUT2D eigenvalue weighted by Gasteiger charge is -2.08. The molecule has 0 bridgehead atoms. The summed E-state index contributed by atoms with van der Waals surface area (Å²) in [5.74, 6) is 0.750. The molecule has 2 N–H and O–H groups in total. The molecule has 3 rings (SSSR count). The standard InChI is InChI=1S/C25H25N3O3S/c1-3-15-30-22-13-9-20(10-14-22)24(29)31-23-11-7-19(8-12-23)17-26-28-25(32)27-21-6-4-5-18(2)16-21/h4-14,16-17H,3,15H2,1-2H3,(H2,27,28,32)/b26-17+. The smallest absolute Gasteiger partial charge is 0.343 e. The van der Waals surface area contributed by atoms with E-state index in [9.17, 15) is 4.79 Å². The first-order chi connectivity index (χ1) is 15.5. The molecule has 0 aliphatic carbocycles. The lowest BCUT2D eigenvalue weighted by Crippen LogP contribution is -2.23. The number of thiocarbonyl (C=S) groups is 1. The monoisotopic (exact) mass is 447 g/mol. The van der Waals surface area contributed by atoms with E-state index in [1.807, 2.05) is 38.1 Å². The molecule has 0 unspecified atom stereocenters. The molecule has 3 aromatic rings. The van der Waals surface area contributed by atoms with Crippen molar-refractivity contribution in [3.05, 3.63) is 89.5 Å². The van der Waals surface area contributed by atoms with Crippen LogP contribution in [-0.4, -0.2) is 23.9 Å². The SMILES string of the molecule is CCCOc1ccc(C(=O)Oc2ccc(/C=N/NC(=S)Nc3cccc(C)c3)cc2)cc1. The van der Waals surface area contributed by atoms with Gasteiger partial charge in [0.1, 0.15) is 11.5 Å². The Hall–Kier alpha value is -3.71. The molecule has 0 radical (unpaired) electrons. The van der Waals surface area contributed by atoms with Gasteiger partial charge < -0.3 is 14.8 Å². The summed E-state index contributed by atoms with van der Waals surface area (Å²) < 4.78 is 10.9. The average Bonchev–Trinajstić information content (AvgIpc) is 2.79. The molecule has 7 heteroatoms. The summed E-state index contributed by atoms with van der Waals surface area (Å²) in [7, 11) is 0. The topological polar surface area (TPSA) is 72.0 Å². The van der Waals surface area contributed by atoms with Gasteiger partial charge in [0, 0.05) is 5.69 Å². The van der Waals surface area contributed by atoms with E-state index in [2.05, 4.69) is 15.8 Å². The van der Waals surface area contributed by atoms with E-state index >= 15 is 0 Å². The summed E-state index contributed by atoms with van der Waals surface area (Å²) in [6.45, 7) is 4.70. The molecule has 0 saturated heterocycles. The summed E-state index contributed by atoms with van der Waals surface area (Å²) in [4.78, 5) is 12.3. The third-order valence-corrected chi connectivity index (χ3v) is 4.50. The van der Waals surface area contributed by atoms with E-state index in [0.717, 1.165) is 29.0 Å². The van der Waals surface area contributed by atoms with Gasteiger partial charge in [0.15, 0.2) is 5.11 Å². The van der Waals surface area contributed by atoms with Crippen LogP contribution < -0.4 is 20.2 Å². The number of aryl methyl sites for hydroxylation is 1. The first kappa shape index (κ1) is 23.0. The van der Waals surface area contributed by atoms with E-state index in [-0.39, 0.29) is 0 Å². The van der Waals surface area contributed by atoms with Gasteiger partial charge in [0.05, 0.1) is 18.4 Å². The number of carbonyl (C=O) groups excluding carboxylic acids is 1. The van der Waals surface area contributed by atoms with Crippen molar-refractivity contribution < 1.29 is 14.3 Å². The number of ether oxygens (including phenoxy) is 2. The van der Waals surface area contributed by atoms with Crippen LogP contribution in [0, 0.1) is 6.92 Å². The second kappa shape index (κ2) is 11.6. The van der Waals surface area contributed by atoms with Crippen LogP contribution in [-0.2, 0) is 0 Å². The Morgan fingerprint density at radius 2 is 1.75 bits per heavy atom. The Morgan fingerprint density at radius 3 is 2.44 bits per heavy atom. The minimum atomic E-state index is -0.428. The van der Waals surface area contributed by atoms with Crippen molar-refractivity contribution in [3.63, 3.8) is 0 Å². The maximum Gasteiger partial charge on any atom is 0.343 e. The Labute approximate surface area is 193 Å². The van der Waals surface area contributed by atoms with Gasteiger partial charge in [-0.15, -0.1) is 0 Å². The van der Waals surface area contributed by atoms with Crippen molar-refractivity contribution >= 4 is 35.2 Å². The molecule has 6 nitrogen and oxygen atoms in total. The predicted octanol–water partition coefficient (Wildman–Crippen LogP) is 5.32. The number of carbonyl (C=O) groups is 1. The number of hydrazone groups is 1. The highest BCUT2D eigenvalue weighted by molar-refractivity contribution is 7.80. The van der Waals surface area contributed by atoms with Crippen LogP contribution in [0.15, 0.2) is 77.9 Å². The molecule has 0 heterocycles. The van der Waals surface area contributed by atoms with Crippen LogP contribution in [0.2, 0.25) is 0 Å². The molecule has 0 fully saturated rings. The van der Waals surface area contributed by atoms with Crippen LogP contribution in [0.25, 0.3) is 0 Å². The van der Waals surface area contributed by atoms with Crippen LogP contribution in [0.1, 0.15) is 34.8 Å². The van der Waals surface area contributed by atoms with Crippen LogP contribution in [0.5, 0.6) is 11.5 Å². The third kappa shape index (κ3) is 7.21. The van der Waals surface area contributed by atoms with Gasteiger partial charge in [-0.25, -0.2) is 4.79 Å². The second-order valence-corrected chi connectivity index (χ2v) is 7.43. The van der Waals surface area contributed by atoms with Crippen molar-refractivity contribution in [1.29, 1.82) is 0 Å². The maximum atomic E-state index is 12.3. The molecule has 164 valence electrons. The summed E-state index contributed by atoms with van der Waals surface area (Å²) in [6.07, 6.45) is 2.56. The fourth-order valence-electron chi connectivity index (χ4n) is 2.74. The van der Waals surface area contributed by atoms with Crippen LogP contribution >= 0.6 is 12.2 Å². The quantitative estimate of drug-likeness (QED) is 0.160. The van der Waals surface area contributed by atoms with Gasteiger partial charge in [-0.05, 0) is 97.4 Å². The Bertz CT molecular complexity index is 1080. The van der Waals surface area contributed by atoms with E-state index in [1.165, 1.54) is 0 Å². The molecule has 0 saturated carbocycles. The van der Waals surface area contributed by atoms with Crippen LogP contribution in [0.4, 0.5) is 5.69 Å². The zero-order chi connectivity index (χ0) is 22.8. The van der Waals surface area contributed by atoms with E-state index in [4.69, 9.17) is 21.7 Å². The molecular formula is C25H25N3O3S. The summed E-state index contributed by atoms with van der Waals surface area (Å²) in [5, 5.41) is 7.59. The highest BCUT2D eigenvalue weighted by atomic mass is 32.1. The summed E-state index contributed by atoms with van der Waals surface area (Å²) in [5.41, 5.74) is 6.10. The third-order valence-electron chi connectivity index (χ3n) is 4.31. The number of esters is 1. The molecule has 0 aromatic heterocycles. The zero-order valence-corrected chi connectivity index (χ0v) is 18.8. The molecule has 0 spiro atoms. The molecule has 0 aliphatic heterocycles. The lowest BCUT2D eigenvalue weighted by molar-refractivity contribution is 0.0734. The Kier molecular flexibility index (Phi) is 8.34. The number of anilines is 1. The summed E-state index contributed by atoms with van der Waals surface area (Å²) in [6, 6.07) is 21.8. The number of rotatable bonds is 8. The molecule has 32 heavy (non-hydrogen) atoms. The minimum Gasteiger partial charge on any atom is -0.494 e. The van der Waals surface area contributed by atoms with Gasteiger partial charge in [-0.1, -0.05) is 19.1 Å². The van der Waals surface area contributed by atoms with Gasteiger partial charge in [-0.2, -0.15) is 5.10 Å². The molecule has 0 atom stereocenters. The van der Waals surface area contributed by atoms with Crippen molar-refractivity contribution in [2.45, 2.75) is 20.3 Å². The zero-order valence-electron chi connectivity index (χ0n) is 18.0. The second-order valence-electron chi connectivity index (χ2n) is 7.03. The Balaban J connectivity index is 1.48. The predicted molar refractivity (Wildman–Crippen MR) is 132 cm³/mol. The first-order valence-corrected chi connectivity index (χ1v) is 10.7. The fraction of sp³-hybridized carbons (Fsp3) is 0.160. The van der Waals surface area contributed by atoms with Gasteiger partial charge in [0.25, 0.3) is 0 Å². The molecule has 3 aromatic carbocycles. The minimum absolute atomic E-state index is 0.392.